The van der Waals surface area contributed by atoms with Crippen LogP contribution in [0.3, 0.4) is 0 Å². The molecule has 8 nitrogen and oxygen atoms in total. The highest BCUT2D eigenvalue weighted by molar-refractivity contribution is 6.21. The zero-order chi connectivity index (χ0) is 26.4. The summed E-state index contributed by atoms with van der Waals surface area (Å²) in [5, 5.41) is 1.12. The van der Waals surface area contributed by atoms with Gasteiger partial charge in [-0.05, 0) is 56.3 Å². The Morgan fingerprint density at radius 1 is 0.868 bits per heavy atom. The topological polar surface area (TPSA) is 93.0 Å². The molecule has 0 fully saturated rings. The van der Waals surface area contributed by atoms with Crippen LogP contribution in [-0.2, 0) is 0 Å². The van der Waals surface area contributed by atoms with Gasteiger partial charge in [0.1, 0.15) is 23.6 Å². The number of fused-ring (bicyclic) bond motifs is 5. The highest BCUT2D eigenvalue weighted by Gasteiger charge is 2.34. The Labute approximate surface area is 218 Å². The Bertz CT molecular complexity index is 1720. The van der Waals surface area contributed by atoms with Crippen molar-refractivity contribution in [3.63, 3.8) is 0 Å². The van der Waals surface area contributed by atoms with Gasteiger partial charge >= 0.3 is 0 Å². The lowest BCUT2D eigenvalue weighted by Crippen LogP contribution is -2.33. The molecule has 0 radical (unpaired) electrons. The van der Waals surface area contributed by atoms with Crippen LogP contribution in [0.2, 0.25) is 0 Å². The quantitative estimate of drug-likeness (QED) is 0.174. The van der Waals surface area contributed by atoms with Crippen LogP contribution in [-0.4, -0.2) is 47.9 Å². The molecule has 3 aliphatic rings. The van der Waals surface area contributed by atoms with Gasteiger partial charge < -0.3 is 14.1 Å². The summed E-state index contributed by atoms with van der Waals surface area (Å²) in [5.74, 6) is 0.253. The summed E-state index contributed by atoms with van der Waals surface area (Å²) in [4.78, 5) is 46.3. The second-order valence-corrected chi connectivity index (χ2v) is 9.12. The Morgan fingerprint density at radius 2 is 1.61 bits per heavy atom. The van der Waals surface area contributed by atoms with Crippen LogP contribution in [0.4, 0.5) is 5.69 Å². The molecular formula is C30H25N3O5. The van der Waals surface area contributed by atoms with Gasteiger partial charge in [0, 0.05) is 41.7 Å². The van der Waals surface area contributed by atoms with Crippen molar-refractivity contribution in [3.05, 3.63) is 88.1 Å². The minimum atomic E-state index is -0.323. The van der Waals surface area contributed by atoms with Crippen LogP contribution in [0.5, 0.6) is 5.75 Å². The average Bonchev–Trinajstić information content (AvgIpc) is 3.18. The molecule has 0 N–H and O–H groups in total. The number of ether oxygens (including phenoxy) is 1. The van der Waals surface area contributed by atoms with Crippen LogP contribution in [0, 0.1) is 0 Å². The number of aromatic nitrogens is 1. The van der Waals surface area contributed by atoms with Gasteiger partial charge in [0.15, 0.2) is 16.8 Å². The predicted octanol–water partition coefficient (Wildman–Crippen LogP) is 4.97. The molecule has 1 aliphatic carbocycles. The summed E-state index contributed by atoms with van der Waals surface area (Å²) >= 11 is 0. The first kappa shape index (κ1) is 23.7. The Kier molecular flexibility index (Phi) is 5.79. The van der Waals surface area contributed by atoms with Crippen molar-refractivity contribution in [1.82, 2.24) is 9.88 Å². The number of nitrogens with zero attached hydrogens (tertiary/aromatic N) is 3. The number of benzene rings is 4. The number of imide groups is 1. The third-order valence-corrected chi connectivity index (χ3v) is 6.99. The van der Waals surface area contributed by atoms with E-state index >= 15 is 0 Å². The van der Waals surface area contributed by atoms with Gasteiger partial charge in [-0.1, -0.05) is 12.1 Å². The Morgan fingerprint density at radius 3 is 2.32 bits per heavy atom. The van der Waals surface area contributed by atoms with Gasteiger partial charge in [0.05, 0.1) is 17.7 Å². The summed E-state index contributed by atoms with van der Waals surface area (Å²) in [6, 6.07) is 19.3. The van der Waals surface area contributed by atoms with Crippen LogP contribution in [0.25, 0.3) is 33.3 Å². The van der Waals surface area contributed by atoms with Crippen molar-refractivity contribution >= 4 is 39.4 Å². The third kappa shape index (κ3) is 3.85. The number of carbonyl (C=O) groups excluding carboxylic acids is 2. The van der Waals surface area contributed by atoms with Crippen molar-refractivity contribution < 1.29 is 18.7 Å². The van der Waals surface area contributed by atoms with E-state index in [-0.39, 0.29) is 30.4 Å². The lowest BCUT2D eigenvalue weighted by molar-refractivity contribution is 0.0631. The highest BCUT2D eigenvalue weighted by Crippen LogP contribution is 2.33. The Hall–Kier alpha value is -4.72. The summed E-state index contributed by atoms with van der Waals surface area (Å²) in [6.07, 6.45) is 0. The number of anilines is 1. The van der Waals surface area contributed by atoms with Crippen molar-refractivity contribution in [2.45, 2.75) is 13.8 Å². The molecule has 0 aromatic heterocycles. The van der Waals surface area contributed by atoms with E-state index in [0.717, 1.165) is 18.8 Å². The molecule has 0 saturated heterocycles. The molecule has 8 heteroatoms. The highest BCUT2D eigenvalue weighted by atomic mass is 16.5. The first-order valence-corrected chi connectivity index (χ1v) is 12.6. The predicted molar refractivity (Wildman–Crippen MR) is 145 cm³/mol. The van der Waals surface area contributed by atoms with E-state index in [1.165, 1.54) is 11.0 Å². The SMILES string of the molecule is CCN(CC)c1ccc2nc3c4cc(OCCN5C(=O)c6ccccc6C5=O)ccc4c(=O)cc-3oc2c1. The van der Waals surface area contributed by atoms with Crippen LogP contribution < -0.4 is 15.1 Å². The summed E-state index contributed by atoms with van der Waals surface area (Å²) in [7, 11) is 0. The van der Waals surface area contributed by atoms with E-state index in [1.807, 2.05) is 18.2 Å². The number of rotatable bonds is 7. The maximum absolute atomic E-state index is 12.9. The van der Waals surface area contributed by atoms with Gasteiger partial charge in [0.25, 0.3) is 11.8 Å². The fourth-order valence-electron chi connectivity index (χ4n) is 5.01. The standard InChI is InChI=1S/C30H25N3O5/c1-3-32(4-2)18-9-12-24-26(15-18)38-27-17-25(34)20-11-10-19(16-23(20)28(27)31-24)37-14-13-33-29(35)21-7-5-6-8-22(21)30(33)36/h5-12,15-17H,3-4,13-14H2,1-2H3. The molecule has 0 atom stereocenters. The summed E-state index contributed by atoms with van der Waals surface area (Å²) in [5.41, 5.74) is 3.53. The first-order chi connectivity index (χ1) is 18.5. The van der Waals surface area contributed by atoms with Gasteiger partial charge in [-0.25, -0.2) is 4.98 Å². The summed E-state index contributed by atoms with van der Waals surface area (Å²) in [6.45, 7) is 6.15. The molecule has 6 rings (SSSR count). The largest absolute Gasteiger partial charge is 0.492 e. The zero-order valence-corrected chi connectivity index (χ0v) is 21.1. The van der Waals surface area contributed by atoms with E-state index < -0.39 is 0 Å². The zero-order valence-electron chi connectivity index (χ0n) is 21.1. The molecule has 0 saturated carbocycles. The van der Waals surface area contributed by atoms with Crippen molar-refractivity contribution in [2.75, 3.05) is 31.1 Å². The number of hydrogen-bond donors (Lipinski definition) is 0. The third-order valence-electron chi connectivity index (χ3n) is 6.99. The van der Waals surface area contributed by atoms with Gasteiger partial charge in [-0.3, -0.25) is 19.3 Å². The molecule has 0 unspecified atom stereocenters. The van der Waals surface area contributed by atoms with Gasteiger partial charge in [-0.15, -0.1) is 0 Å². The number of hydrogen-bond acceptors (Lipinski definition) is 7. The van der Waals surface area contributed by atoms with E-state index in [1.54, 1.807) is 42.5 Å². The minimum absolute atomic E-state index is 0.111. The summed E-state index contributed by atoms with van der Waals surface area (Å²) < 4.78 is 12.0. The average molecular weight is 508 g/mol. The lowest BCUT2D eigenvalue weighted by Gasteiger charge is -2.21. The molecule has 0 spiro atoms. The molecule has 38 heavy (non-hydrogen) atoms. The fourth-order valence-corrected chi connectivity index (χ4v) is 5.01. The smallest absolute Gasteiger partial charge is 0.261 e. The fraction of sp³-hybridized carbons (Fsp3) is 0.200. The lowest BCUT2D eigenvalue weighted by atomic mass is 10.0. The monoisotopic (exact) mass is 507 g/mol. The van der Waals surface area contributed by atoms with Crippen molar-refractivity contribution in [1.29, 1.82) is 0 Å². The maximum Gasteiger partial charge on any atom is 0.261 e. The van der Waals surface area contributed by atoms with E-state index in [2.05, 4.69) is 18.7 Å². The first-order valence-electron chi connectivity index (χ1n) is 12.6. The second kappa shape index (κ2) is 9.30. The van der Waals surface area contributed by atoms with Crippen LogP contribution in [0.15, 0.2) is 75.9 Å². The van der Waals surface area contributed by atoms with Gasteiger partial charge in [0.2, 0.25) is 0 Å². The van der Waals surface area contributed by atoms with E-state index in [9.17, 15) is 14.4 Å². The normalized spacial score (nSPS) is 13.1. The minimum Gasteiger partial charge on any atom is -0.492 e. The molecule has 2 heterocycles. The van der Waals surface area contributed by atoms with Crippen molar-refractivity contribution in [3.8, 4) is 17.2 Å². The molecule has 3 aromatic carbocycles. The number of carbonyl (C=O) groups is 2. The molecule has 3 aromatic rings. The maximum atomic E-state index is 12.9. The molecular weight excluding hydrogens is 482 g/mol. The second-order valence-electron chi connectivity index (χ2n) is 9.12. The van der Waals surface area contributed by atoms with Crippen LogP contribution in [0.1, 0.15) is 34.6 Å². The molecule has 2 aliphatic heterocycles. The molecule has 190 valence electrons. The molecule has 2 amide bonds. The number of amides is 2. The van der Waals surface area contributed by atoms with Crippen LogP contribution >= 0.6 is 0 Å². The van der Waals surface area contributed by atoms with E-state index in [4.69, 9.17) is 14.1 Å². The van der Waals surface area contributed by atoms with Gasteiger partial charge in [-0.2, -0.15) is 0 Å². The van der Waals surface area contributed by atoms with Crippen molar-refractivity contribution in [2.24, 2.45) is 0 Å². The Balaban J connectivity index is 1.30. The van der Waals surface area contributed by atoms with E-state index in [0.29, 0.717) is 50.2 Å². The molecule has 0 bridgehead atoms.